The van der Waals surface area contributed by atoms with Gasteiger partial charge in [0.15, 0.2) is 0 Å². The average molecular weight is 235 g/mol. The Morgan fingerprint density at radius 2 is 1.65 bits per heavy atom. The lowest BCUT2D eigenvalue weighted by Gasteiger charge is -2.59. The molecule has 3 nitrogen and oxygen atoms in total. The fraction of sp³-hybridized carbons (Fsp3) is 0.929. The molecule has 0 amide bonds. The molecule has 1 unspecified atom stereocenters. The van der Waals surface area contributed by atoms with E-state index in [0.717, 1.165) is 24.3 Å². The molecule has 1 atom stereocenters. The summed E-state index contributed by atoms with van der Waals surface area (Å²) in [5.41, 5.74) is 0.345. The minimum Gasteiger partial charge on any atom is -0.459 e. The highest BCUT2D eigenvalue weighted by Gasteiger charge is 2.55. The standard InChI is InChI=1S/C14H21NO2/c16-13-8-15-7-12(17-13)14-4-9-1-10(5-14)3-11(2-9)6-14/h9-12,15H,1-8H2. The molecule has 1 heterocycles. The summed E-state index contributed by atoms with van der Waals surface area (Å²) in [6.45, 7) is 1.29. The third kappa shape index (κ3) is 1.55. The predicted molar refractivity (Wildman–Crippen MR) is 63.4 cm³/mol. The summed E-state index contributed by atoms with van der Waals surface area (Å²) in [5.74, 6) is 2.75. The van der Waals surface area contributed by atoms with Crippen molar-refractivity contribution < 1.29 is 9.53 Å². The van der Waals surface area contributed by atoms with Crippen LogP contribution >= 0.6 is 0 Å². The SMILES string of the molecule is O=C1CNCC(C23CC4CC(CC(C4)C2)C3)O1. The van der Waals surface area contributed by atoms with Crippen molar-refractivity contribution in [1.82, 2.24) is 5.32 Å². The quantitative estimate of drug-likeness (QED) is 0.703. The fourth-order valence-corrected chi connectivity index (χ4v) is 5.46. The van der Waals surface area contributed by atoms with Crippen molar-refractivity contribution in [1.29, 1.82) is 0 Å². The lowest BCUT2D eigenvalue weighted by molar-refractivity contribution is -0.177. The van der Waals surface area contributed by atoms with Gasteiger partial charge in [-0.05, 0) is 56.3 Å². The first kappa shape index (κ1) is 10.4. The van der Waals surface area contributed by atoms with Crippen LogP contribution in [0.2, 0.25) is 0 Å². The van der Waals surface area contributed by atoms with Gasteiger partial charge in [-0.25, -0.2) is 0 Å². The molecule has 94 valence electrons. The summed E-state index contributed by atoms with van der Waals surface area (Å²) in [6.07, 6.45) is 8.47. The van der Waals surface area contributed by atoms with Crippen LogP contribution in [0.15, 0.2) is 0 Å². The van der Waals surface area contributed by atoms with Crippen molar-refractivity contribution >= 4 is 5.97 Å². The van der Waals surface area contributed by atoms with Gasteiger partial charge in [0.2, 0.25) is 0 Å². The van der Waals surface area contributed by atoms with Crippen LogP contribution < -0.4 is 5.32 Å². The second-order valence-electron chi connectivity index (χ2n) is 6.89. The largest absolute Gasteiger partial charge is 0.459 e. The Hall–Kier alpha value is -0.570. The van der Waals surface area contributed by atoms with Crippen LogP contribution in [0.4, 0.5) is 0 Å². The second kappa shape index (κ2) is 3.47. The van der Waals surface area contributed by atoms with Crippen LogP contribution in [0.25, 0.3) is 0 Å². The molecule has 1 aliphatic heterocycles. The zero-order chi connectivity index (χ0) is 11.5. The van der Waals surface area contributed by atoms with Crippen molar-refractivity contribution in [2.75, 3.05) is 13.1 Å². The zero-order valence-corrected chi connectivity index (χ0v) is 10.3. The van der Waals surface area contributed by atoms with Crippen molar-refractivity contribution in [3.63, 3.8) is 0 Å². The average Bonchev–Trinajstić information content (AvgIpc) is 2.27. The highest BCUT2D eigenvalue weighted by atomic mass is 16.5. The maximum Gasteiger partial charge on any atom is 0.320 e. The number of carbonyl (C=O) groups is 1. The number of morpholine rings is 1. The molecule has 4 bridgehead atoms. The number of nitrogens with one attached hydrogen (secondary N) is 1. The minimum absolute atomic E-state index is 0.0444. The molecule has 4 aliphatic carbocycles. The first-order chi connectivity index (χ1) is 8.23. The Bertz CT molecular complexity index is 317. The Balaban J connectivity index is 1.61. The summed E-state index contributed by atoms with van der Waals surface area (Å²) in [6, 6.07) is 0. The maximum absolute atomic E-state index is 11.5. The lowest BCUT2D eigenvalue weighted by atomic mass is 9.48. The molecule has 4 saturated carbocycles. The van der Waals surface area contributed by atoms with Crippen molar-refractivity contribution in [3.05, 3.63) is 0 Å². The molecule has 5 rings (SSSR count). The van der Waals surface area contributed by atoms with Crippen LogP contribution in [-0.2, 0) is 9.53 Å². The normalized spacial score (nSPS) is 52.6. The monoisotopic (exact) mass is 235 g/mol. The van der Waals surface area contributed by atoms with Crippen LogP contribution in [0.5, 0.6) is 0 Å². The van der Waals surface area contributed by atoms with Gasteiger partial charge in [0.1, 0.15) is 6.10 Å². The van der Waals surface area contributed by atoms with Crippen molar-refractivity contribution in [3.8, 4) is 0 Å². The molecular formula is C14H21NO2. The summed E-state index contributed by atoms with van der Waals surface area (Å²) in [4.78, 5) is 11.5. The Labute approximate surface area is 102 Å². The van der Waals surface area contributed by atoms with Crippen molar-refractivity contribution in [2.24, 2.45) is 23.2 Å². The van der Waals surface area contributed by atoms with E-state index >= 15 is 0 Å². The summed E-state index contributed by atoms with van der Waals surface area (Å²) in [5, 5.41) is 3.24. The number of hydrogen-bond acceptors (Lipinski definition) is 3. The van der Waals surface area contributed by atoms with E-state index in [1.165, 1.54) is 38.5 Å². The number of ether oxygens (including phenoxy) is 1. The molecule has 1 saturated heterocycles. The van der Waals surface area contributed by atoms with E-state index in [1.807, 2.05) is 0 Å². The van der Waals surface area contributed by atoms with Gasteiger partial charge in [-0.15, -0.1) is 0 Å². The van der Waals surface area contributed by atoms with Crippen LogP contribution in [0, 0.1) is 23.2 Å². The summed E-state index contributed by atoms with van der Waals surface area (Å²) < 4.78 is 5.67. The molecular weight excluding hydrogens is 214 g/mol. The third-order valence-electron chi connectivity index (χ3n) is 5.64. The molecule has 3 heteroatoms. The summed E-state index contributed by atoms with van der Waals surface area (Å²) >= 11 is 0. The molecule has 17 heavy (non-hydrogen) atoms. The Kier molecular flexibility index (Phi) is 2.11. The van der Waals surface area contributed by atoms with E-state index in [4.69, 9.17) is 4.74 Å². The van der Waals surface area contributed by atoms with E-state index in [-0.39, 0.29) is 12.1 Å². The van der Waals surface area contributed by atoms with E-state index in [0.29, 0.717) is 12.0 Å². The number of esters is 1. The van der Waals surface area contributed by atoms with E-state index in [2.05, 4.69) is 5.32 Å². The predicted octanol–water partition coefficient (Wildman–Crippen LogP) is 1.72. The van der Waals surface area contributed by atoms with E-state index in [1.54, 1.807) is 0 Å². The second-order valence-corrected chi connectivity index (χ2v) is 6.89. The van der Waals surface area contributed by atoms with E-state index < -0.39 is 0 Å². The molecule has 0 aromatic heterocycles. The molecule has 5 fully saturated rings. The summed E-state index contributed by atoms with van der Waals surface area (Å²) in [7, 11) is 0. The van der Waals surface area contributed by atoms with Gasteiger partial charge in [-0.2, -0.15) is 0 Å². The fourth-order valence-electron chi connectivity index (χ4n) is 5.46. The smallest absolute Gasteiger partial charge is 0.320 e. The van der Waals surface area contributed by atoms with Crippen LogP contribution in [-0.4, -0.2) is 25.2 Å². The van der Waals surface area contributed by atoms with Crippen LogP contribution in [0.3, 0.4) is 0 Å². The minimum atomic E-state index is -0.0444. The van der Waals surface area contributed by atoms with Gasteiger partial charge in [0.25, 0.3) is 0 Å². The molecule has 5 aliphatic rings. The molecule has 0 spiro atoms. The highest BCUT2D eigenvalue weighted by molar-refractivity contribution is 5.72. The van der Waals surface area contributed by atoms with Gasteiger partial charge in [0.05, 0.1) is 6.54 Å². The first-order valence-electron chi connectivity index (χ1n) is 7.14. The van der Waals surface area contributed by atoms with Gasteiger partial charge >= 0.3 is 5.97 Å². The maximum atomic E-state index is 11.5. The Morgan fingerprint density at radius 1 is 1.06 bits per heavy atom. The highest BCUT2D eigenvalue weighted by Crippen LogP contribution is 2.61. The zero-order valence-electron chi connectivity index (χ0n) is 10.3. The number of rotatable bonds is 1. The van der Waals surface area contributed by atoms with Gasteiger partial charge in [0, 0.05) is 12.0 Å². The van der Waals surface area contributed by atoms with Crippen LogP contribution in [0.1, 0.15) is 38.5 Å². The molecule has 0 radical (unpaired) electrons. The number of cyclic esters (lactones) is 1. The first-order valence-corrected chi connectivity index (χ1v) is 7.14. The topological polar surface area (TPSA) is 38.3 Å². The van der Waals surface area contributed by atoms with Gasteiger partial charge in [-0.1, -0.05) is 0 Å². The van der Waals surface area contributed by atoms with Crippen molar-refractivity contribution in [2.45, 2.75) is 44.6 Å². The third-order valence-corrected chi connectivity index (χ3v) is 5.64. The van der Waals surface area contributed by atoms with Gasteiger partial charge in [-0.3, -0.25) is 4.79 Å². The van der Waals surface area contributed by atoms with E-state index in [9.17, 15) is 4.79 Å². The number of carbonyl (C=O) groups excluding carboxylic acids is 1. The molecule has 1 N–H and O–H groups in total. The van der Waals surface area contributed by atoms with Gasteiger partial charge < -0.3 is 10.1 Å². The molecule has 0 aromatic rings. The lowest BCUT2D eigenvalue weighted by Crippen LogP contribution is -2.58. The number of hydrogen-bond donors (Lipinski definition) is 1. The Morgan fingerprint density at radius 3 is 2.18 bits per heavy atom. The molecule has 0 aromatic carbocycles.